The van der Waals surface area contributed by atoms with Crippen LogP contribution in [0.1, 0.15) is 0 Å². The Morgan fingerprint density at radius 1 is 0.368 bits per heavy atom. The van der Waals surface area contributed by atoms with Crippen LogP contribution in [-0.2, 0) is 0 Å². The Kier molecular flexibility index (Phi) is 6.89. The number of anilines is 3. The number of hydrogen-bond donors (Lipinski definition) is 0. The highest BCUT2D eigenvalue weighted by Crippen LogP contribution is 2.44. The first-order valence-corrected chi connectivity index (χ1v) is 19.3. The van der Waals surface area contributed by atoms with Crippen molar-refractivity contribution < 1.29 is 8.83 Å². The maximum atomic E-state index is 6.77. The SMILES string of the molecule is c1ccc(-c2nc3ccc4ccc5c(-c6ccc7c(c6)oc6cc(N(c8ccccc8)c8ccc9ccccc9c8)ccc67)cc6ccccc6c5c4c3o2)cc1. The van der Waals surface area contributed by atoms with E-state index in [1.807, 2.05) is 30.3 Å². The number of nitrogens with zero attached hydrogens (tertiary/aromatic N) is 2. The lowest BCUT2D eigenvalue weighted by Gasteiger charge is -2.25. The van der Waals surface area contributed by atoms with Gasteiger partial charge >= 0.3 is 0 Å². The van der Waals surface area contributed by atoms with Crippen molar-refractivity contribution in [3.05, 3.63) is 194 Å². The molecule has 0 saturated heterocycles. The van der Waals surface area contributed by atoms with Crippen LogP contribution in [0.15, 0.2) is 203 Å². The Balaban J connectivity index is 1.03. The summed E-state index contributed by atoms with van der Waals surface area (Å²) in [5.41, 5.74) is 9.74. The molecule has 0 unspecified atom stereocenters. The largest absolute Gasteiger partial charge is 0.456 e. The third-order valence-corrected chi connectivity index (χ3v) is 11.4. The second kappa shape index (κ2) is 12.4. The number of furan rings is 1. The smallest absolute Gasteiger partial charge is 0.227 e. The number of hydrogen-bond acceptors (Lipinski definition) is 4. The molecule has 0 bridgehead atoms. The quantitative estimate of drug-likeness (QED) is 0.166. The van der Waals surface area contributed by atoms with Gasteiger partial charge in [-0.2, -0.15) is 0 Å². The Bertz CT molecular complexity index is 3530. The number of para-hydroxylation sites is 1. The number of fused-ring (bicyclic) bond motifs is 11. The van der Waals surface area contributed by atoms with Gasteiger partial charge < -0.3 is 13.7 Å². The van der Waals surface area contributed by atoms with Gasteiger partial charge in [-0.1, -0.05) is 115 Å². The lowest BCUT2D eigenvalue weighted by Crippen LogP contribution is -2.09. The Morgan fingerprint density at radius 3 is 1.88 bits per heavy atom. The fraction of sp³-hybridized carbons (Fsp3) is 0. The van der Waals surface area contributed by atoms with Gasteiger partial charge in [0.1, 0.15) is 16.7 Å². The summed E-state index contributed by atoms with van der Waals surface area (Å²) in [4.78, 5) is 7.23. The van der Waals surface area contributed by atoms with Crippen LogP contribution in [0.4, 0.5) is 17.1 Å². The van der Waals surface area contributed by atoms with Gasteiger partial charge in [0.05, 0.1) is 0 Å². The van der Waals surface area contributed by atoms with Gasteiger partial charge in [-0.3, -0.25) is 0 Å². The summed E-state index contributed by atoms with van der Waals surface area (Å²) in [5.74, 6) is 0.623. The second-order valence-electron chi connectivity index (χ2n) is 14.7. The average Bonchev–Trinajstić information content (AvgIpc) is 3.88. The zero-order valence-corrected chi connectivity index (χ0v) is 30.7. The van der Waals surface area contributed by atoms with E-state index in [4.69, 9.17) is 13.8 Å². The first kappa shape index (κ1) is 31.6. The summed E-state index contributed by atoms with van der Waals surface area (Å²) < 4.78 is 13.4. The van der Waals surface area contributed by atoms with E-state index in [1.165, 1.54) is 16.2 Å². The Morgan fingerprint density at radius 2 is 1.02 bits per heavy atom. The van der Waals surface area contributed by atoms with Gasteiger partial charge in [0.2, 0.25) is 5.89 Å². The molecule has 10 aromatic carbocycles. The number of aromatic nitrogens is 1. The minimum atomic E-state index is 0.623. The van der Waals surface area contributed by atoms with Gasteiger partial charge in [0, 0.05) is 50.2 Å². The van der Waals surface area contributed by atoms with Crippen molar-refractivity contribution in [2.24, 2.45) is 0 Å². The van der Waals surface area contributed by atoms with Crippen molar-refractivity contribution in [3.8, 4) is 22.6 Å². The molecule has 0 radical (unpaired) electrons. The molecule has 266 valence electrons. The molecule has 0 spiro atoms. The molecule has 4 nitrogen and oxygen atoms in total. The van der Waals surface area contributed by atoms with Crippen molar-refractivity contribution >= 4 is 93.2 Å². The molecule has 0 aliphatic rings. The Hall–Kier alpha value is -7.69. The summed E-state index contributed by atoms with van der Waals surface area (Å²) >= 11 is 0. The lowest BCUT2D eigenvalue weighted by molar-refractivity contribution is 0.623. The summed E-state index contributed by atoms with van der Waals surface area (Å²) in [6, 6.07) is 68.6. The summed E-state index contributed by atoms with van der Waals surface area (Å²) in [6.07, 6.45) is 0. The van der Waals surface area contributed by atoms with Crippen molar-refractivity contribution in [2.75, 3.05) is 4.90 Å². The van der Waals surface area contributed by atoms with Crippen molar-refractivity contribution in [3.63, 3.8) is 0 Å². The van der Waals surface area contributed by atoms with Crippen LogP contribution >= 0.6 is 0 Å². The van der Waals surface area contributed by atoms with Gasteiger partial charge in [0.15, 0.2) is 5.58 Å². The molecule has 0 aliphatic carbocycles. The molecule has 0 amide bonds. The van der Waals surface area contributed by atoms with Crippen LogP contribution in [0.3, 0.4) is 0 Å². The summed E-state index contributed by atoms with van der Waals surface area (Å²) in [5, 5.41) is 11.4. The molecule has 12 rings (SSSR count). The minimum Gasteiger partial charge on any atom is -0.456 e. The molecule has 0 aliphatic heterocycles. The zero-order valence-electron chi connectivity index (χ0n) is 30.7. The van der Waals surface area contributed by atoms with E-state index >= 15 is 0 Å². The van der Waals surface area contributed by atoms with Crippen molar-refractivity contribution in [1.82, 2.24) is 4.98 Å². The van der Waals surface area contributed by atoms with Crippen LogP contribution < -0.4 is 4.90 Å². The molecule has 57 heavy (non-hydrogen) atoms. The van der Waals surface area contributed by atoms with Crippen LogP contribution in [0.25, 0.3) is 98.7 Å². The predicted molar refractivity (Wildman–Crippen MR) is 237 cm³/mol. The summed E-state index contributed by atoms with van der Waals surface area (Å²) in [6.45, 7) is 0. The standard InChI is InChI=1S/C53H32N2O2/c1-3-12-35(13-4-1)53-54-47-28-22-34-20-26-45-46(30-37-15-9-10-18-42(37)51(45)50(34)52(47)57-53)38-21-25-43-44-27-24-41(32-49(44)56-48(43)31-38)55(39-16-5-2-6-17-39)40-23-19-33-11-7-8-14-36(33)29-40/h1-32H. The zero-order chi connectivity index (χ0) is 37.5. The average molecular weight is 729 g/mol. The van der Waals surface area contributed by atoms with E-state index in [2.05, 4.69) is 169 Å². The fourth-order valence-electron chi connectivity index (χ4n) is 8.74. The lowest BCUT2D eigenvalue weighted by atomic mass is 9.90. The van der Waals surface area contributed by atoms with Gasteiger partial charge in [-0.15, -0.1) is 0 Å². The van der Waals surface area contributed by atoms with Crippen molar-refractivity contribution in [1.29, 1.82) is 0 Å². The van der Waals surface area contributed by atoms with E-state index in [-0.39, 0.29) is 0 Å². The van der Waals surface area contributed by atoms with Crippen LogP contribution in [0.5, 0.6) is 0 Å². The maximum absolute atomic E-state index is 6.77. The second-order valence-corrected chi connectivity index (χ2v) is 14.7. The van der Waals surface area contributed by atoms with Gasteiger partial charge in [0.25, 0.3) is 0 Å². The topological polar surface area (TPSA) is 42.4 Å². The fourth-order valence-corrected chi connectivity index (χ4v) is 8.74. The first-order chi connectivity index (χ1) is 28.2. The van der Waals surface area contributed by atoms with E-state index in [0.717, 1.165) is 93.7 Å². The molecule has 0 saturated carbocycles. The highest BCUT2D eigenvalue weighted by Gasteiger charge is 2.20. The monoisotopic (exact) mass is 728 g/mol. The van der Waals surface area contributed by atoms with E-state index in [1.54, 1.807) is 0 Å². The highest BCUT2D eigenvalue weighted by molar-refractivity contribution is 6.29. The molecule has 0 N–H and O–H groups in total. The van der Waals surface area contributed by atoms with E-state index in [0.29, 0.717) is 5.89 Å². The number of rotatable bonds is 5. The van der Waals surface area contributed by atoms with Crippen LogP contribution in [0.2, 0.25) is 0 Å². The maximum Gasteiger partial charge on any atom is 0.227 e. The molecule has 0 atom stereocenters. The molecule has 4 heteroatoms. The molecular formula is C53H32N2O2. The molecule has 2 aromatic heterocycles. The minimum absolute atomic E-state index is 0.623. The first-order valence-electron chi connectivity index (χ1n) is 19.3. The van der Waals surface area contributed by atoms with E-state index < -0.39 is 0 Å². The predicted octanol–water partition coefficient (Wildman–Crippen LogP) is 15.1. The normalized spacial score (nSPS) is 11.9. The highest BCUT2D eigenvalue weighted by atomic mass is 16.3. The molecule has 0 fully saturated rings. The van der Waals surface area contributed by atoms with Gasteiger partial charge in [-0.05, 0) is 116 Å². The molecular weight excluding hydrogens is 697 g/mol. The molecule has 2 heterocycles. The van der Waals surface area contributed by atoms with Crippen molar-refractivity contribution in [2.45, 2.75) is 0 Å². The summed E-state index contributed by atoms with van der Waals surface area (Å²) in [7, 11) is 0. The molecule has 12 aromatic rings. The van der Waals surface area contributed by atoms with Gasteiger partial charge in [-0.25, -0.2) is 4.98 Å². The Labute approximate surface area is 327 Å². The van der Waals surface area contributed by atoms with Crippen LogP contribution in [-0.4, -0.2) is 4.98 Å². The van der Waals surface area contributed by atoms with E-state index in [9.17, 15) is 0 Å². The third-order valence-electron chi connectivity index (χ3n) is 11.4. The number of oxazole rings is 1. The van der Waals surface area contributed by atoms with Crippen LogP contribution in [0, 0.1) is 0 Å². The third kappa shape index (κ3) is 5.04. The number of benzene rings is 10.